The zero-order chi connectivity index (χ0) is 9.26. The summed E-state index contributed by atoms with van der Waals surface area (Å²) in [7, 11) is 1.61. The topological polar surface area (TPSA) is 69.8 Å². The van der Waals surface area contributed by atoms with Crippen molar-refractivity contribution in [2.24, 2.45) is 0 Å². The van der Waals surface area contributed by atoms with E-state index in [-0.39, 0.29) is 5.91 Å². The van der Waals surface area contributed by atoms with Crippen molar-refractivity contribution in [1.82, 2.24) is 20.8 Å². The third-order valence-corrected chi connectivity index (χ3v) is 2.25. The number of hydrogen-bond acceptors (Lipinski definition) is 3. The lowest BCUT2D eigenvalue weighted by molar-refractivity contribution is 0.0957. The second kappa shape index (κ2) is 3.18. The van der Waals surface area contributed by atoms with E-state index in [1.165, 1.54) is 0 Å². The number of rotatable bonds is 1. The van der Waals surface area contributed by atoms with Crippen molar-refractivity contribution in [3.63, 3.8) is 0 Å². The lowest BCUT2D eigenvalue weighted by Gasteiger charge is -2.12. The third kappa shape index (κ3) is 1.31. The van der Waals surface area contributed by atoms with E-state index in [2.05, 4.69) is 20.8 Å². The van der Waals surface area contributed by atoms with Crippen LogP contribution in [0, 0.1) is 0 Å². The quantitative estimate of drug-likeness (QED) is 0.541. The molecule has 0 radical (unpaired) electrons. The maximum absolute atomic E-state index is 11.3. The van der Waals surface area contributed by atoms with Gasteiger partial charge in [-0.15, -0.1) is 0 Å². The first-order valence-electron chi connectivity index (χ1n) is 4.32. The van der Waals surface area contributed by atoms with Gasteiger partial charge in [-0.05, 0) is 0 Å². The molecule has 1 aliphatic rings. The van der Waals surface area contributed by atoms with Gasteiger partial charge in [0.25, 0.3) is 5.91 Å². The van der Waals surface area contributed by atoms with Crippen LogP contribution in [0.1, 0.15) is 21.7 Å². The summed E-state index contributed by atoms with van der Waals surface area (Å²) >= 11 is 0. The fourth-order valence-corrected chi connectivity index (χ4v) is 1.53. The van der Waals surface area contributed by atoms with E-state index in [0.717, 1.165) is 30.8 Å². The highest BCUT2D eigenvalue weighted by Crippen LogP contribution is 2.14. The lowest BCUT2D eigenvalue weighted by atomic mass is 10.1. The van der Waals surface area contributed by atoms with Crippen LogP contribution >= 0.6 is 0 Å². The first-order chi connectivity index (χ1) is 6.33. The minimum absolute atomic E-state index is 0.124. The first-order valence-corrected chi connectivity index (χ1v) is 4.32. The highest BCUT2D eigenvalue weighted by molar-refractivity contribution is 5.93. The van der Waals surface area contributed by atoms with Crippen LogP contribution in [0.4, 0.5) is 0 Å². The summed E-state index contributed by atoms with van der Waals surface area (Å²) < 4.78 is 0. The van der Waals surface area contributed by atoms with Crippen molar-refractivity contribution in [2.45, 2.75) is 13.0 Å². The Bertz CT molecular complexity index is 331. The minimum atomic E-state index is -0.124. The van der Waals surface area contributed by atoms with E-state index >= 15 is 0 Å². The standard InChI is InChI=1S/C8H12N4O/c1-9-8(13)7-5-4-10-3-2-6(5)11-12-7/h10H,2-4H2,1H3,(H,9,13)(H,11,12). The molecule has 0 fully saturated rings. The van der Waals surface area contributed by atoms with Crippen LogP contribution < -0.4 is 10.6 Å². The van der Waals surface area contributed by atoms with Crippen LogP contribution in [0.5, 0.6) is 0 Å². The number of hydrogen-bond donors (Lipinski definition) is 3. The maximum atomic E-state index is 11.3. The van der Waals surface area contributed by atoms with Crippen LogP contribution in [0.25, 0.3) is 0 Å². The molecule has 0 bridgehead atoms. The second-order valence-electron chi connectivity index (χ2n) is 3.04. The Labute approximate surface area is 75.9 Å². The van der Waals surface area contributed by atoms with Crippen molar-refractivity contribution in [1.29, 1.82) is 0 Å². The molecule has 0 aliphatic carbocycles. The molecule has 13 heavy (non-hydrogen) atoms. The molecule has 5 nitrogen and oxygen atoms in total. The van der Waals surface area contributed by atoms with E-state index in [1.807, 2.05) is 0 Å². The summed E-state index contributed by atoms with van der Waals surface area (Å²) in [5.74, 6) is -0.124. The van der Waals surface area contributed by atoms with E-state index in [4.69, 9.17) is 0 Å². The van der Waals surface area contributed by atoms with Crippen molar-refractivity contribution in [3.8, 4) is 0 Å². The lowest BCUT2D eigenvalue weighted by Crippen LogP contribution is -2.26. The molecule has 70 valence electrons. The molecule has 0 saturated carbocycles. The third-order valence-electron chi connectivity index (χ3n) is 2.25. The Morgan fingerprint density at radius 2 is 2.46 bits per heavy atom. The fourth-order valence-electron chi connectivity index (χ4n) is 1.53. The summed E-state index contributed by atoms with van der Waals surface area (Å²) in [6.07, 6.45) is 0.916. The fraction of sp³-hybridized carbons (Fsp3) is 0.500. The molecule has 0 saturated heterocycles. The molecular formula is C8H12N4O. The average Bonchev–Trinajstić information content (AvgIpc) is 2.60. The summed E-state index contributed by atoms with van der Waals surface area (Å²) in [5, 5.41) is 12.7. The Morgan fingerprint density at radius 1 is 1.62 bits per heavy atom. The molecule has 1 aliphatic heterocycles. The largest absolute Gasteiger partial charge is 0.354 e. The maximum Gasteiger partial charge on any atom is 0.271 e. The van der Waals surface area contributed by atoms with Gasteiger partial charge in [-0.25, -0.2) is 0 Å². The van der Waals surface area contributed by atoms with Crippen LogP contribution in [0.2, 0.25) is 0 Å². The number of carbonyl (C=O) groups excluding carboxylic acids is 1. The molecule has 0 unspecified atom stereocenters. The van der Waals surface area contributed by atoms with E-state index in [1.54, 1.807) is 7.05 Å². The highest BCUT2D eigenvalue weighted by atomic mass is 16.1. The van der Waals surface area contributed by atoms with E-state index < -0.39 is 0 Å². The molecule has 2 rings (SSSR count). The second-order valence-corrected chi connectivity index (χ2v) is 3.04. The predicted octanol–water partition coefficient (Wildman–Crippen LogP) is -0.585. The van der Waals surface area contributed by atoms with Gasteiger partial charge >= 0.3 is 0 Å². The molecule has 1 aromatic rings. The van der Waals surface area contributed by atoms with Crippen LogP contribution in [0.15, 0.2) is 0 Å². The number of nitrogens with one attached hydrogen (secondary N) is 3. The monoisotopic (exact) mass is 180 g/mol. The number of H-pyrrole nitrogens is 1. The number of nitrogens with zero attached hydrogens (tertiary/aromatic N) is 1. The van der Waals surface area contributed by atoms with Crippen molar-refractivity contribution >= 4 is 5.91 Å². The molecule has 1 amide bonds. The Balaban J connectivity index is 2.36. The molecule has 0 atom stereocenters. The van der Waals surface area contributed by atoms with Crippen molar-refractivity contribution in [2.75, 3.05) is 13.6 Å². The number of amides is 1. The summed E-state index contributed by atoms with van der Waals surface area (Å²) in [4.78, 5) is 11.3. The average molecular weight is 180 g/mol. The molecule has 5 heteroatoms. The van der Waals surface area contributed by atoms with Gasteiger partial charge in [-0.3, -0.25) is 9.89 Å². The molecule has 0 spiro atoms. The van der Waals surface area contributed by atoms with Crippen LogP contribution in [-0.4, -0.2) is 29.7 Å². The number of aromatic nitrogens is 2. The number of carbonyl (C=O) groups is 1. The molecular weight excluding hydrogens is 168 g/mol. The molecule has 2 heterocycles. The molecule has 3 N–H and O–H groups in total. The predicted molar refractivity (Wildman–Crippen MR) is 47.4 cm³/mol. The van der Waals surface area contributed by atoms with Gasteiger partial charge in [0.1, 0.15) is 0 Å². The number of fused-ring (bicyclic) bond motifs is 1. The Kier molecular flexibility index (Phi) is 2.02. The summed E-state index contributed by atoms with van der Waals surface area (Å²) in [6, 6.07) is 0. The molecule has 1 aromatic heterocycles. The van der Waals surface area contributed by atoms with Gasteiger partial charge in [-0.2, -0.15) is 5.10 Å². The Morgan fingerprint density at radius 3 is 3.23 bits per heavy atom. The van der Waals surface area contributed by atoms with Crippen molar-refractivity contribution in [3.05, 3.63) is 17.0 Å². The highest BCUT2D eigenvalue weighted by Gasteiger charge is 2.20. The van der Waals surface area contributed by atoms with Gasteiger partial charge < -0.3 is 10.6 Å². The zero-order valence-electron chi connectivity index (χ0n) is 7.48. The smallest absolute Gasteiger partial charge is 0.271 e. The van der Waals surface area contributed by atoms with Gasteiger partial charge in [0, 0.05) is 37.8 Å². The number of aromatic amines is 1. The zero-order valence-corrected chi connectivity index (χ0v) is 7.48. The minimum Gasteiger partial charge on any atom is -0.354 e. The van der Waals surface area contributed by atoms with Crippen molar-refractivity contribution < 1.29 is 4.79 Å². The van der Waals surface area contributed by atoms with Crippen LogP contribution in [-0.2, 0) is 13.0 Å². The van der Waals surface area contributed by atoms with E-state index in [9.17, 15) is 4.79 Å². The van der Waals surface area contributed by atoms with Gasteiger partial charge in [0.2, 0.25) is 0 Å². The first kappa shape index (κ1) is 8.25. The Hall–Kier alpha value is -1.36. The summed E-state index contributed by atoms with van der Waals surface area (Å²) in [5.41, 5.74) is 2.60. The van der Waals surface area contributed by atoms with Gasteiger partial charge in [-0.1, -0.05) is 0 Å². The normalized spacial score (nSPS) is 15.2. The van der Waals surface area contributed by atoms with Gasteiger partial charge in [0.15, 0.2) is 5.69 Å². The van der Waals surface area contributed by atoms with Gasteiger partial charge in [0.05, 0.1) is 0 Å². The van der Waals surface area contributed by atoms with E-state index in [0.29, 0.717) is 5.69 Å². The van der Waals surface area contributed by atoms with Crippen LogP contribution in [0.3, 0.4) is 0 Å². The SMILES string of the molecule is CNC(=O)c1n[nH]c2c1CNCC2. The molecule has 0 aromatic carbocycles. The summed E-state index contributed by atoms with van der Waals surface area (Å²) in [6.45, 7) is 1.68.